The average Bonchev–Trinajstić information content (AvgIpc) is 3.02. The second-order valence-corrected chi connectivity index (χ2v) is 6.47. The molecule has 1 atom stereocenters. The van der Waals surface area contributed by atoms with E-state index in [0.717, 1.165) is 30.8 Å². The molecule has 1 amide bonds. The number of carbonyl (C=O) groups is 1. The summed E-state index contributed by atoms with van der Waals surface area (Å²) >= 11 is 1.28. The molecule has 20 heavy (non-hydrogen) atoms. The van der Waals surface area contributed by atoms with Crippen LogP contribution in [0.1, 0.15) is 35.0 Å². The molecule has 0 N–H and O–H groups in total. The summed E-state index contributed by atoms with van der Waals surface area (Å²) in [5.74, 6) is 0.120. The van der Waals surface area contributed by atoms with Crippen LogP contribution in [0.25, 0.3) is 0 Å². The van der Waals surface area contributed by atoms with Crippen molar-refractivity contribution in [3.63, 3.8) is 0 Å². The third kappa shape index (κ3) is 2.48. The van der Waals surface area contributed by atoms with Crippen LogP contribution in [-0.2, 0) is 5.41 Å². The third-order valence-electron chi connectivity index (χ3n) is 4.10. The second kappa shape index (κ2) is 5.37. The van der Waals surface area contributed by atoms with Crippen molar-refractivity contribution in [1.82, 2.24) is 9.27 Å². The highest BCUT2D eigenvalue weighted by atomic mass is 32.1. The molecule has 0 radical (unpaired) electrons. The Bertz CT molecular complexity index is 582. The fourth-order valence-electron chi connectivity index (χ4n) is 2.97. The molecule has 2 aromatic rings. The lowest BCUT2D eigenvalue weighted by Crippen LogP contribution is -2.46. The van der Waals surface area contributed by atoms with Gasteiger partial charge in [0.25, 0.3) is 5.91 Å². The van der Waals surface area contributed by atoms with Crippen LogP contribution in [0.15, 0.2) is 42.6 Å². The summed E-state index contributed by atoms with van der Waals surface area (Å²) in [6, 6.07) is 12.3. The van der Waals surface area contributed by atoms with E-state index >= 15 is 0 Å². The van der Waals surface area contributed by atoms with Gasteiger partial charge in [-0.15, -0.1) is 0 Å². The molecule has 1 fully saturated rings. The van der Waals surface area contributed by atoms with Gasteiger partial charge < -0.3 is 4.90 Å². The van der Waals surface area contributed by atoms with E-state index in [1.807, 2.05) is 17.0 Å². The maximum Gasteiger partial charge on any atom is 0.265 e. The van der Waals surface area contributed by atoms with Crippen molar-refractivity contribution >= 4 is 17.4 Å². The Morgan fingerprint density at radius 2 is 2.10 bits per heavy atom. The SMILES string of the molecule is C[C@]1(c2ccccc2)CCCN(C(=O)c2ccns2)C1. The van der Waals surface area contributed by atoms with Gasteiger partial charge in [0.15, 0.2) is 0 Å². The fraction of sp³-hybridized carbons (Fsp3) is 0.375. The quantitative estimate of drug-likeness (QED) is 0.848. The predicted molar refractivity (Wildman–Crippen MR) is 81.0 cm³/mol. The first kappa shape index (κ1) is 13.3. The number of aromatic nitrogens is 1. The van der Waals surface area contributed by atoms with Crippen molar-refractivity contribution in [2.45, 2.75) is 25.2 Å². The number of nitrogens with zero attached hydrogens (tertiary/aromatic N) is 2. The van der Waals surface area contributed by atoms with Crippen molar-refractivity contribution in [2.24, 2.45) is 0 Å². The predicted octanol–water partition coefficient (Wildman–Crippen LogP) is 3.34. The molecule has 104 valence electrons. The number of carbonyl (C=O) groups excluding carboxylic acids is 1. The zero-order valence-electron chi connectivity index (χ0n) is 11.6. The molecule has 0 bridgehead atoms. The van der Waals surface area contributed by atoms with Gasteiger partial charge in [0.2, 0.25) is 0 Å². The van der Waals surface area contributed by atoms with Crippen molar-refractivity contribution < 1.29 is 4.79 Å². The van der Waals surface area contributed by atoms with Gasteiger partial charge in [-0.05, 0) is 36.0 Å². The van der Waals surface area contributed by atoms with Crippen molar-refractivity contribution in [3.8, 4) is 0 Å². The fourth-order valence-corrected chi connectivity index (χ4v) is 3.54. The second-order valence-electron chi connectivity index (χ2n) is 5.63. The van der Waals surface area contributed by atoms with E-state index < -0.39 is 0 Å². The van der Waals surface area contributed by atoms with E-state index in [2.05, 4.69) is 35.6 Å². The van der Waals surface area contributed by atoms with Crippen LogP contribution in [0.5, 0.6) is 0 Å². The summed E-state index contributed by atoms with van der Waals surface area (Å²) in [7, 11) is 0. The normalized spacial score (nSPS) is 22.8. The molecule has 0 spiro atoms. The summed E-state index contributed by atoms with van der Waals surface area (Å²) in [5, 5.41) is 0. The number of rotatable bonds is 2. The largest absolute Gasteiger partial charge is 0.337 e. The van der Waals surface area contributed by atoms with E-state index in [4.69, 9.17) is 0 Å². The Morgan fingerprint density at radius 1 is 1.30 bits per heavy atom. The van der Waals surface area contributed by atoms with E-state index in [0.29, 0.717) is 0 Å². The number of hydrogen-bond acceptors (Lipinski definition) is 3. The first-order valence-corrected chi connectivity index (χ1v) is 7.72. The summed E-state index contributed by atoms with van der Waals surface area (Å²) in [5.41, 5.74) is 1.38. The number of likely N-dealkylation sites (tertiary alicyclic amines) is 1. The summed E-state index contributed by atoms with van der Waals surface area (Å²) in [6.45, 7) is 3.89. The number of benzene rings is 1. The minimum atomic E-state index is 0.0554. The molecule has 3 nitrogen and oxygen atoms in total. The maximum absolute atomic E-state index is 12.5. The smallest absolute Gasteiger partial charge is 0.265 e. The van der Waals surface area contributed by atoms with Crippen LogP contribution in [0.4, 0.5) is 0 Å². The van der Waals surface area contributed by atoms with Gasteiger partial charge in [-0.25, -0.2) is 4.37 Å². The van der Waals surface area contributed by atoms with Gasteiger partial charge in [-0.2, -0.15) is 0 Å². The number of hydrogen-bond donors (Lipinski definition) is 0. The molecular formula is C16H18N2OS. The molecule has 0 saturated carbocycles. The van der Waals surface area contributed by atoms with E-state index in [1.165, 1.54) is 17.1 Å². The van der Waals surface area contributed by atoms with Crippen LogP contribution in [0.3, 0.4) is 0 Å². The lowest BCUT2D eigenvalue weighted by atomic mass is 9.76. The molecule has 1 aliphatic rings. The van der Waals surface area contributed by atoms with Gasteiger partial charge in [0.1, 0.15) is 4.88 Å². The summed E-state index contributed by atoms with van der Waals surface area (Å²) in [4.78, 5) is 15.2. The first-order chi connectivity index (χ1) is 9.69. The lowest BCUT2D eigenvalue weighted by Gasteiger charge is -2.40. The van der Waals surface area contributed by atoms with Gasteiger partial charge in [-0.1, -0.05) is 37.3 Å². The van der Waals surface area contributed by atoms with Crippen LogP contribution in [0.2, 0.25) is 0 Å². The molecular weight excluding hydrogens is 268 g/mol. The summed E-state index contributed by atoms with van der Waals surface area (Å²) < 4.78 is 4.03. The van der Waals surface area contributed by atoms with Gasteiger partial charge in [0.05, 0.1) is 0 Å². The zero-order chi connectivity index (χ0) is 14.0. The van der Waals surface area contributed by atoms with Crippen LogP contribution in [-0.4, -0.2) is 28.3 Å². The number of piperidine rings is 1. The molecule has 1 aliphatic heterocycles. The molecule has 0 unspecified atom stereocenters. The first-order valence-electron chi connectivity index (χ1n) is 6.94. The van der Waals surface area contributed by atoms with Crippen LogP contribution in [0, 0.1) is 0 Å². The van der Waals surface area contributed by atoms with E-state index in [-0.39, 0.29) is 11.3 Å². The minimum absolute atomic E-state index is 0.0554. The molecule has 4 heteroatoms. The lowest BCUT2D eigenvalue weighted by molar-refractivity contribution is 0.0656. The summed E-state index contributed by atoms with van der Waals surface area (Å²) in [6.07, 6.45) is 3.87. The minimum Gasteiger partial charge on any atom is -0.337 e. The Balaban J connectivity index is 1.82. The zero-order valence-corrected chi connectivity index (χ0v) is 12.4. The van der Waals surface area contributed by atoms with E-state index in [9.17, 15) is 4.79 Å². The van der Waals surface area contributed by atoms with Gasteiger partial charge in [0, 0.05) is 24.7 Å². The van der Waals surface area contributed by atoms with Gasteiger partial charge >= 0.3 is 0 Å². The topological polar surface area (TPSA) is 33.2 Å². The van der Waals surface area contributed by atoms with Crippen LogP contribution < -0.4 is 0 Å². The molecule has 2 heterocycles. The highest BCUT2D eigenvalue weighted by Crippen LogP contribution is 2.34. The third-order valence-corrected chi connectivity index (χ3v) is 4.84. The van der Waals surface area contributed by atoms with Crippen LogP contribution >= 0.6 is 11.5 Å². The Labute approximate surface area is 123 Å². The standard InChI is InChI=1S/C16H18N2OS/c1-16(13-6-3-2-4-7-13)9-5-11-18(12-16)15(19)14-8-10-17-20-14/h2-4,6-8,10H,5,9,11-12H2,1H3/t16-/m0/s1. The number of amides is 1. The van der Waals surface area contributed by atoms with Crippen molar-refractivity contribution in [3.05, 3.63) is 53.0 Å². The van der Waals surface area contributed by atoms with Gasteiger partial charge in [-0.3, -0.25) is 4.79 Å². The van der Waals surface area contributed by atoms with Crippen molar-refractivity contribution in [1.29, 1.82) is 0 Å². The molecule has 1 aromatic carbocycles. The molecule has 1 aromatic heterocycles. The van der Waals surface area contributed by atoms with E-state index in [1.54, 1.807) is 6.20 Å². The molecule has 1 saturated heterocycles. The maximum atomic E-state index is 12.5. The average molecular weight is 286 g/mol. The molecule has 3 rings (SSSR count). The molecule has 0 aliphatic carbocycles. The monoisotopic (exact) mass is 286 g/mol. The van der Waals surface area contributed by atoms with Crippen molar-refractivity contribution in [2.75, 3.05) is 13.1 Å². The Morgan fingerprint density at radius 3 is 2.80 bits per heavy atom. The Kier molecular flexibility index (Phi) is 3.57. The highest BCUT2D eigenvalue weighted by molar-refractivity contribution is 7.08. The highest BCUT2D eigenvalue weighted by Gasteiger charge is 2.34. The Hall–Kier alpha value is -1.68.